The quantitative estimate of drug-likeness (QED) is 0.748. The van der Waals surface area contributed by atoms with E-state index < -0.39 is 6.10 Å². The van der Waals surface area contributed by atoms with Crippen molar-refractivity contribution < 1.29 is 9.53 Å². The first-order valence-corrected chi connectivity index (χ1v) is 8.44. The minimum atomic E-state index is -0.530. The molecule has 1 amide bonds. The van der Waals surface area contributed by atoms with Crippen molar-refractivity contribution in [1.82, 2.24) is 15.3 Å². The summed E-state index contributed by atoms with van der Waals surface area (Å²) in [5.41, 5.74) is 3.49. The molecule has 0 aliphatic heterocycles. The third-order valence-electron chi connectivity index (χ3n) is 3.83. The van der Waals surface area contributed by atoms with Crippen LogP contribution in [0.1, 0.15) is 20.3 Å². The molecule has 0 unspecified atom stereocenters. The molecule has 0 aliphatic rings. The van der Waals surface area contributed by atoms with Crippen molar-refractivity contribution in [2.45, 2.75) is 26.4 Å². The van der Waals surface area contributed by atoms with Crippen molar-refractivity contribution in [3.05, 3.63) is 54.7 Å². The van der Waals surface area contributed by atoms with Crippen LogP contribution in [0.3, 0.4) is 0 Å². The molecule has 5 heteroatoms. The number of fused-ring (bicyclic) bond motifs is 1. The fraction of sp³-hybridized carbons (Fsp3) is 0.250. The summed E-state index contributed by atoms with van der Waals surface area (Å²) < 4.78 is 5.69. The number of nitrogens with zero attached hydrogens (tertiary/aromatic N) is 2. The SMILES string of the molecule is CCCNC(=O)[C@@H](C)Oc1ccc(-c2cnc3ccccc3n2)cc1. The van der Waals surface area contributed by atoms with Gasteiger partial charge in [0.15, 0.2) is 6.10 Å². The second kappa shape index (κ2) is 7.75. The standard InChI is InChI=1S/C20H21N3O2/c1-3-12-21-20(24)14(2)25-16-10-8-15(9-11-16)19-13-22-17-6-4-5-7-18(17)23-19/h4-11,13-14H,3,12H2,1-2H3,(H,21,24)/t14-/m1/s1. The average Bonchev–Trinajstić information content (AvgIpc) is 2.66. The Balaban J connectivity index is 1.71. The van der Waals surface area contributed by atoms with E-state index in [1.54, 1.807) is 13.1 Å². The van der Waals surface area contributed by atoms with Crippen LogP contribution in [0.15, 0.2) is 54.7 Å². The minimum Gasteiger partial charge on any atom is -0.481 e. The summed E-state index contributed by atoms with van der Waals surface area (Å²) in [7, 11) is 0. The number of rotatable bonds is 6. The fourth-order valence-electron chi connectivity index (χ4n) is 2.45. The van der Waals surface area contributed by atoms with E-state index in [0.717, 1.165) is 28.7 Å². The number of amides is 1. The molecule has 2 aromatic carbocycles. The fourth-order valence-corrected chi connectivity index (χ4v) is 2.45. The molecule has 128 valence electrons. The van der Waals surface area contributed by atoms with E-state index in [1.165, 1.54) is 0 Å². The Labute approximate surface area is 147 Å². The smallest absolute Gasteiger partial charge is 0.260 e. The zero-order valence-corrected chi connectivity index (χ0v) is 14.4. The van der Waals surface area contributed by atoms with Crippen molar-refractivity contribution in [2.75, 3.05) is 6.54 Å². The highest BCUT2D eigenvalue weighted by Crippen LogP contribution is 2.22. The van der Waals surface area contributed by atoms with E-state index >= 15 is 0 Å². The molecule has 1 aromatic heterocycles. The second-order valence-corrected chi connectivity index (χ2v) is 5.82. The number of hydrogen-bond donors (Lipinski definition) is 1. The van der Waals surface area contributed by atoms with Gasteiger partial charge in [-0.25, -0.2) is 4.98 Å². The molecule has 3 rings (SSSR count). The predicted molar refractivity (Wildman–Crippen MR) is 98.4 cm³/mol. The highest BCUT2D eigenvalue weighted by atomic mass is 16.5. The normalized spacial score (nSPS) is 11.9. The van der Waals surface area contributed by atoms with Crippen molar-refractivity contribution in [2.24, 2.45) is 0 Å². The molecule has 25 heavy (non-hydrogen) atoms. The Hall–Kier alpha value is -2.95. The molecular formula is C20H21N3O2. The summed E-state index contributed by atoms with van der Waals surface area (Å²) in [6.45, 7) is 4.42. The van der Waals surface area contributed by atoms with E-state index in [2.05, 4.69) is 15.3 Å². The molecule has 3 aromatic rings. The highest BCUT2D eigenvalue weighted by Gasteiger charge is 2.13. The van der Waals surface area contributed by atoms with Gasteiger partial charge in [0, 0.05) is 12.1 Å². The lowest BCUT2D eigenvalue weighted by atomic mass is 10.1. The summed E-state index contributed by atoms with van der Waals surface area (Å²) in [6, 6.07) is 15.3. The van der Waals surface area contributed by atoms with Crippen molar-refractivity contribution >= 4 is 16.9 Å². The van der Waals surface area contributed by atoms with E-state index in [9.17, 15) is 4.79 Å². The van der Waals surface area contributed by atoms with Gasteiger partial charge in [-0.05, 0) is 49.7 Å². The number of para-hydroxylation sites is 2. The Morgan fingerprint density at radius 2 is 1.84 bits per heavy atom. The van der Waals surface area contributed by atoms with E-state index in [4.69, 9.17) is 4.74 Å². The molecule has 1 heterocycles. The molecule has 0 bridgehead atoms. The van der Waals surface area contributed by atoms with Crippen LogP contribution in [0.5, 0.6) is 5.75 Å². The summed E-state index contributed by atoms with van der Waals surface area (Å²) >= 11 is 0. The average molecular weight is 335 g/mol. The molecule has 0 fully saturated rings. The van der Waals surface area contributed by atoms with Crippen molar-refractivity contribution in [1.29, 1.82) is 0 Å². The molecule has 1 N–H and O–H groups in total. The molecule has 5 nitrogen and oxygen atoms in total. The maximum absolute atomic E-state index is 11.9. The van der Waals surface area contributed by atoms with Crippen LogP contribution in [-0.4, -0.2) is 28.5 Å². The van der Waals surface area contributed by atoms with Gasteiger partial charge in [0.1, 0.15) is 5.75 Å². The molecular weight excluding hydrogens is 314 g/mol. The molecule has 0 spiro atoms. The largest absolute Gasteiger partial charge is 0.481 e. The van der Waals surface area contributed by atoms with Gasteiger partial charge in [0.2, 0.25) is 0 Å². The monoisotopic (exact) mass is 335 g/mol. The van der Waals surface area contributed by atoms with Crippen LogP contribution < -0.4 is 10.1 Å². The number of ether oxygens (including phenoxy) is 1. The van der Waals surface area contributed by atoms with Crippen LogP contribution in [0, 0.1) is 0 Å². The summed E-state index contributed by atoms with van der Waals surface area (Å²) in [5, 5.41) is 2.82. The second-order valence-electron chi connectivity index (χ2n) is 5.82. The minimum absolute atomic E-state index is 0.105. The van der Waals surface area contributed by atoms with Crippen LogP contribution in [0.2, 0.25) is 0 Å². The van der Waals surface area contributed by atoms with Gasteiger partial charge < -0.3 is 10.1 Å². The number of benzene rings is 2. The number of aromatic nitrogens is 2. The zero-order valence-electron chi connectivity index (χ0n) is 14.4. The molecule has 1 atom stereocenters. The number of hydrogen-bond acceptors (Lipinski definition) is 4. The first-order valence-electron chi connectivity index (χ1n) is 8.44. The zero-order chi connectivity index (χ0) is 17.6. The Kier molecular flexibility index (Phi) is 5.23. The van der Waals surface area contributed by atoms with E-state index in [1.807, 2.05) is 55.5 Å². The van der Waals surface area contributed by atoms with Crippen LogP contribution in [0.25, 0.3) is 22.3 Å². The van der Waals surface area contributed by atoms with Gasteiger partial charge in [-0.3, -0.25) is 9.78 Å². The highest BCUT2D eigenvalue weighted by molar-refractivity contribution is 5.80. The maximum Gasteiger partial charge on any atom is 0.260 e. The first-order chi connectivity index (χ1) is 12.2. The lowest BCUT2D eigenvalue weighted by Gasteiger charge is -2.14. The molecule has 0 radical (unpaired) electrons. The number of carbonyl (C=O) groups excluding carboxylic acids is 1. The third kappa shape index (κ3) is 4.12. The van der Waals surface area contributed by atoms with Gasteiger partial charge in [0.05, 0.1) is 22.9 Å². The van der Waals surface area contributed by atoms with Crippen molar-refractivity contribution in [3.63, 3.8) is 0 Å². The van der Waals surface area contributed by atoms with Crippen LogP contribution in [0.4, 0.5) is 0 Å². The van der Waals surface area contributed by atoms with Crippen molar-refractivity contribution in [3.8, 4) is 17.0 Å². The van der Waals surface area contributed by atoms with Crippen LogP contribution >= 0.6 is 0 Å². The molecule has 0 saturated carbocycles. The molecule has 0 aliphatic carbocycles. The van der Waals surface area contributed by atoms with Gasteiger partial charge in [0.25, 0.3) is 5.91 Å². The van der Waals surface area contributed by atoms with Gasteiger partial charge >= 0.3 is 0 Å². The Morgan fingerprint density at radius 3 is 2.56 bits per heavy atom. The Bertz CT molecular complexity index is 862. The van der Waals surface area contributed by atoms with Crippen LogP contribution in [-0.2, 0) is 4.79 Å². The summed E-state index contributed by atoms with van der Waals surface area (Å²) in [6.07, 6.45) is 2.14. The lowest BCUT2D eigenvalue weighted by Crippen LogP contribution is -2.36. The maximum atomic E-state index is 11.9. The summed E-state index contributed by atoms with van der Waals surface area (Å²) in [5.74, 6) is 0.544. The number of carbonyl (C=O) groups is 1. The topological polar surface area (TPSA) is 64.1 Å². The molecule has 0 saturated heterocycles. The predicted octanol–water partition coefficient (Wildman–Crippen LogP) is 3.59. The number of nitrogens with one attached hydrogen (secondary N) is 1. The van der Waals surface area contributed by atoms with E-state index in [0.29, 0.717) is 12.3 Å². The van der Waals surface area contributed by atoms with Gasteiger partial charge in [-0.1, -0.05) is 19.1 Å². The summed E-state index contributed by atoms with van der Waals surface area (Å²) in [4.78, 5) is 20.9. The van der Waals surface area contributed by atoms with Gasteiger partial charge in [-0.2, -0.15) is 0 Å². The lowest BCUT2D eigenvalue weighted by molar-refractivity contribution is -0.127. The Morgan fingerprint density at radius 1 is 1.12 bits per heavy atom. The van der Waals surface area contributed by atoms with Gasteiger partial charge in [-0.15, -0.1) is 0 Å². The first kappa shape index (κ1) is 16.9. The van der Waals surface area contributed by atoms with E-state index in [-0.39, 0.29) is 5.91 Å². The third-order valence-corrected chi connectivity index (χ3v) is 3.83.